The number of amides is 2. The van der Waals surface area contributed by atoms with Gasteiger partial charge in [-0.15, -0.1) is 11.3 Å². The maximum atomic E-state index is 13.1. The summed E-state index contributed by atoms with van der Waals surface area (Å²) < 4.78 is 5.44. The van der Waals surface area contributed by atoms with Gasteiger partial charge in [-0.05, 0) is 36.4 Å². The molecule has 0 bridgehead atoms. The van der Waals surface area contributed by atoms with Crippen LogP contribution in [0.15, 0.2) is 41.8 Å². The van der Waals surface area contributed by atoms with E-state index in [4.69, 9.17) is 10.5 Å². The van der Waals surface area contributed by atoms with Crippen molar-refractivity contribution < 1.29 is 14.3 Å². The molecular formula is C17H18N2O3S. The van der Waals surface area contributed by atoms with Crippen LogP contribution in [0.1, 0.15) is 28.1 Å². The van der Waals surface area contributed by atoms with Crippen molar-refractivity contribution in [2.45, 2.75) is 18.3 Å². The second kappa shape index (κ2) is 6.52. The fourth-order valence-corrected chi connectivity index (χ4v) is 3.89. The SMILES string of the molecule is NC(=O)c1ccccc1NC(=O)C1(c2cccs2)CCOCC1. The summed E-state index contributed by atoms with van der Waals surface area (Å²) in [6.45, 7) is 1.09. The Morgan fingerprint density at radius 1 is 1.13 bits per heavy atom. The highest BCUT2D eigenvalue weighted by atomic mass is 32.1. The molecule has 0 radical (unpaired) electrons. The van der Waals surface area contributed by atoms with E-state index < -0.39 is 11.3 Å². The number of carbonyl (C=O) groups is 2. The molecule has 1 aromatic carbocycles. The van der Waals surface area contributed by atoms with Crippen molar-refractivity contribution in [1.29, 1.82) is 0 Å². The van der Waals surface area contributed by atoms with Gasteiger partial charge in [-0.25, -0.2) is 0 Å². The monoisotopic (exact) mass is 330 g/mol. The Hall–Kier alpha value is -2.18. The summed E-state index contributed by atoms with van der Waals surface area (Å²) in [4.78, 5) is 25.6. The lowest BCUT2D eigenvalue weighted by molar-refractivity contribution is -0.125. The number of anilines is 1. The zero-order chi connectivity index (χ0) is 16.3. The lowest BCUT2D eigenvalue weighted by atomic mass is 9.77. The Bertz CT molecular complexity index is 706. The lowest BCUT2D eigenvalue weighted by Crippen LogP contribution is -2.44. The molecule has 120 valence electrons. The summed E-state index contributed by atoms with van der Waals surface area (Å²) >= 11 is 1.57. The molecule has 0 unspecified atom stereocenters. The predicted octanol–water partition coefficient (Wildman–Crippen LogP) is 2.53. The topological polar surface area (TPSA) is 81.4 Å². The molecule has 0 saturated carbocycles. The number of carbonyl (C=O) groups excluding carboxylic acids is 2. The number of benzene rings is 1. The molecule has 1 aliphatic rings. The Balaban J connectivity index is 1.93. The fraction of sp³-hybridized carbons (Fsp3) is 0.294. The average Bonchev–Trinajstić information content (AvgIpc) is 3.10. The number of rotatable bonds is 4. The average molecular weight is 330 g/mol. The van der Waals surface area contributed by atoms with E-state index in [1.54, 1.807) is 35.6 Å². The Morgan fingerprint density at radius 3 is 2.52 bits per heavy atom. The van der Waals surface area contributed by atoms with Crippen molar-refractivity contribution in [3.05, 3.63) is 52.2 Å². The van der Waals surface area contributed by atoms with Crippen LogP contribution < -0.4 is 11.1 Å². The minimum atomic E-state index is -0.614. The molecule has 1 aliphatic heterocycles. The highest BCUT2D eigenvalue weighted by molar-refractivity contribution is 7.10. The summed E-state index contributed by atoms with van der Waals surface area (Å²) in [6, 6.07) is 10.7. The molecule has 0 spiro atoms. The summed E-state index contributed by atoms with van der Waals surface area (Å²) in [7, 11) is 0. The molecule has 23 heavy (non-hydrogen) atoms. The molecule has 3 N–H and O–H groups in total. The zero-order valence-corrected chi connectivity index (χ0v) is 13.4. The first-order valence-electron chi connectivity index (χ1n) is 7.45. The van der Waals surface area contributed by atoms with Gasteiger partial charge in [0.25, 0.3) is 5.91 Å². The van der Waals surface area contributed by atoms with Crippen molar-refractivity contribution in [1.82, 2.24) is 0 Å². The summed E-state index contributed by atoms with van der Waals surface area (Å²) in [5.74, 6) is -0.671. The number of nitrogens with two attached hydrogens (primary N) is 1. The van der Waals surface area contributed by atoms with E-state index in [0.717, 1.165) is 4.88 Å². The minimum Gasteiger partial charge on any atom is -0.381 e. The zero-order valence-electron chi connectivity index (χ0n) is 12.6. The Morgan fingerprint density at radius 2 is 1.87 bits per heavy atom. The molecule has 2 heterocycles. The summed E-state index contributed by atoms with van der Waals surface area (Å²) in [5, 5.41) is 4.87. The van der Waals surface area contributed by atoms with E-state index in [1.807, 2.05) is 17.5 Å². The molecule has 6 heteroatoms. The standard InChI is InChI=1S/C17H18N2O3S/c18-15(20)12-4-1-2-5-13(12)19-16(21)17(7-9-22-10-8-17)14-6-3-11-23-14/h1-6,11H,7-10H2,(H2,18,20)(H,19,21). The fourth-order valence-electron chi connectivity index (χ4n) is 2.91. The van der Waals surface area contributed by atoms with Gasteiger partial charge in [-0.2, -0.15) is 0 Å². The number of hydrogen-bond acceptors (Lipinski definition) is 4. The van der Waals surface area contributed by atoms with Crippen LogP contribution in [0.4, 0.5) is 5.69 Å². The first kappa shape index (κ1) is 15.7. The van der Waals surface area contributed by atoms with Crippen LogP contribution in [0.3, 0.4) is 0 Å². The van der Waals surface area contributed by atoms with E-state index in [9.17, 15) is 9.59 Å². The van der Waals surface area contributed by atoms with Gasteiger partial charge in [0.05, 0.1) is 16.7 Å². The number of nitrogens with one attached hydrogen (secondary N) is 1. The first-order chi connectivity index (χ1) is 11.1. The third kappa shape index (κ3) is 3.00. The molecule has 1 saturated heterocycles. The molecule has 2 amide bonds. The third-order valence-electron chi connectivity index (χ3n) is 4.21. The van der Waals surface area contributed by atoms with Crippen LogP contribution in [-0.2, 0) is 14.9 Å². The van der Waals surface area contributed by atoms with Crippen LogP contribution in [0.5, 0.6) is 0 Å². The van der Waals surface area contributed by atoms with E-state index in [-0.39, 0.29) is 5.91 Å². The molecule has 0 atom stereocenters. The number of thiophene rings is 1. The van der Waals surface area contributed by atoms with Gasteiger partial charge in [0.2, 0.25) is 5.91 Å². The second-order valence-electron chi connectivity index (χ2n) is 5.54. The number of para-hydroxylation sites is 1. The van der Waals surface area contributed by atoms with Gasteiger partial charge in [0, 0.05) is 18.1 Å². The molecule has 3 rings (SSSR count). The normalized spacial score (nSPS) is 16.7. The quantitative estimate of drug-likeness (QED) is 0.904. The van der Waals surface area contributed by atoms with Gasteiger partial charge >= 0.3 is 0 Å². The van der Waals surface area contributed by atoms with Crippen molar-refractivity contribution in [2.24, 2.45) is 5.73 Å². The van der Waals surface area contributed by atoms with Crippen molar-refractivity contribution >= 4 is 28.8 Å². The van der Waals surface area contributed by atoms with Crippen molar-refractivity contribution in [2.75, 3.05) is 18.5 Å². The Labute approximate surface area is 138 Å². The highest BCUT2D eigenvalue weighted by Crippen LogP contribution is 2.38. The number of primary amides is 1. The van der Waals surface area contributed by atoms with E-state index in [1.165, 1.54) is 0 Å². The smallest absolute Gasteiger partial charge is 0.250 e. The largest absolute Gasteiger partial charge is 0.381 e. The van der Waals surface area contributed by atoms with E-state index in [2.05, 4.69) is 5.32 Å². The lowest BCUT2D eigenvalue weighted by Gasteiger charge is -2.35. The molecular weight excluding hydrogens is 312 g/mol. The van der Waals surface area contributed by atoms with E-state index >= 15 is 0 Å². The first-order valence-corrected chi connectivity index (χ1v) is 8.33. The van der Waals surface area contributed by atoms with Crippen molar-refractivity contribution in [3.63, 3.8) is 0 Å². The molecule has 1 fully saturated rings. The molecule has 1 aromatic heterocycles. The maximum absolute atomic E-state index is 13.1. The van der Waals surface area contributed by atoms with E-state index in [0.29, 0.717) is 37.3 Å². The summed E-state index contributed by atoms with van der Waals surface area (Å²) in [5.41, 5.74) is 5.54. The number of ether oxygens (including phenoxy) is 1. The van der Waals surface area contributed by atoms with Gasteiger partial charge in [0.1, 0.15) is 0 Å². The summed E-state index contributed by atoms with van der Waals surface area (Å²) in [6.07, 6.45) is 1.25. The maximum Gasteiger partial charge on any atom is 0.250 e. The highest BCUT2D eigenvalue weighted by Gasteiger charge is 2.42. The van der Waals surface area contributed by atoms with Gasteiger partial charge in [-0.1, -0.05) is 18.2 Å². The Kier molecular flexibility index (Phi) is 4.45. The van der Waals surface area contributed by atoms with Gasteiger partial charge < -0.3 is 15.8 Å². The van der Waals surface area contributed by atoms with Crippen LogP contribution in [0, 0.1) is 0 Å². The van der Waals surface area contributed by atoms with Crippen LogP contribution >= 0.6 is 11.3 Å². The number of hydrogen-bond donors (Lipinski definition) is 2. The van der Waals surface area contributed by atoms with Crippen LogP contribution in [-0.4, -0.2) is 25.0 Å². The predicted molar refractivity (Wildman–Crippen MR) is 89.6 cm³/mol. The third-order valence-corrected chi connectivity index (χ3v) is 5.29. The van der Waals surface area contributed by atoms with Gasteiger partial charge in [0.15, 0.2) is 0 Å². The van der Waals surface area contributed by atoms with Gasteiger partial charge in [-0.3, -0.25) is 9.59 Å². The second-order valence-corrected chi connectivity index (χ2v) is 6.48. The minimum absolute atomic E-state index is 0.114. The van der Waals surface area contributed by atoms with Crippen LogP contribution in [0.25, 0.3) is 0 Å². The molecule has 5 nitrogen and oxygen atoms in total. The van der Waals surface area contributed by atoms with Crippen LogP contribution in [0.2, 0.25) is 0 Å². The molecule has 0 aliphatic carbocycles. The van der Waals surface area contributed by atoms with Crippen molar-refractivity contribution in [3.8, 4) is 0 Å². The molecule has 2 aromatic rings.